The molecule has 0 amide bonds. The van der Waals surface area contributed by atoms with Crippen LogP contribution < -0.4 is 10.9 Å². The largest absolute Gasteiger partial charge is 0.366 e. The molecule has 0 aliphatic rings. The van der Waals surface area contributed by atoms with Crippen molar-refractivity contribution < 1.29 is 0 Å². The van der Waals surface area contributed by atoms with Gasteiger partial charge in [0.1, 0.15) is 12.2 Å². The molecule has 0 saturated heterocycles. The van der Waals surface area contributed by atoms with Gasteiger partial charge in [0.15, 0.2) is 0 Å². The first-order chi connectivity index (χ1) is 9.74. The van der Waals surface area contributed by atoms with Crippen LogP contribution in [-0.2, 0) is 6.67 Å². The summed E-state index contributed by atoms with van der Waals surface area (Å²) in [4.78, 5) is 12.2. The maximum atomic E-state index is 12.2. The van der Waals surface area contributed by atoms with Gasteiger partial charge in [-0.3, -0.25) is 4.79 Å². The first-order valence-corrected chi connectivity index (χ1v) is 6.44. The topological polar surface area (TPSA) is 59.8 Å². The summed E-state index contributed by atoms with van der Waals surface area (Å²) in [5, 5.41) is 12.2. The average molecular weight is 287 g/mol. The van der Waals surface area contributed by atoms with E-state index in [9.17, 15) is 4.79 Å². The van der Waals surface area contributed by atoms with Crippen LogP contribution in [0.4, 0.5) is 5.69 Å². The number of rotatable bonds is 3. The number of aromatic nitrogens is 3. The Bertz CT molecular complexity index is 798. The molecular weight excluding hydrogens is 276 g/mol. The van der Waals surface area contributed by atoms with Gasteiger partial charge in [-0.1, -0.05) is 28.9 Å². The van der Waals surface area contributed by atoms with E-state index in [2.05, 4.69) is 15.6 Å². The first kappa shape index (κ1) is 12.6. The zero-order chi connectivity index (χ0) is 13.9. The number of halogens is 1. The lowest BCUT2D eigenvalue weighted by atomic mass is 10.2. The van der Waals surface area contributed by atoms with E-state index in [1.807, 2.05) is 24.3 Å². The molecular formula is C14H11ClN4O. The van der Waals surface area contributed by atoms with Crippen molar-refractivity contribution >= 4 is 28.2 Å². The van der Waals surface area contributed by atoms with Gasteiger partial charge in [-0.05, 0) is 36.4 Å². The second kappa shape index (κ2) is 5.30. The van der Waals surface area contributed by atoms with E-state index in [-0.39, 0.29) is 12.2 Å². The van der Waals surface area contributed by atoms with Gasteiger partial charge in [0, 0.05) is 10.7 Å². The van der Waals surface area contributed by atoms with Crippen molar-refractivity contribution in [3.63, 3.8) is 0 Å². The summed E-state index contributed by atoms with van der Waals surface area (Å²) in [7, 11) is 0. The summed E-state index contributed by atoms with van der Waals surface area (Å²) < 4.78 is 1.29. The molecule has 1 N–H and O–H groups in total. The summed E-state index contributed by atoms with van der Waals surface area (Å²) in [6.07, 6.45) is 0. The predicted octanol–water partition coefficient (Wildman–Crippen LogP) is 2.51. The van der Waals surface area contributed by atoms with Crippen molar-refractivity contribution in [2.75, 3.05) is 5.32 Å². The summed E-state index contributed by atoms with van der Waals surface area (Å²) in [6, 6.07) is 14.4. The summed E-state index contributed by atoms with van der Waals surface area (Å²) in [5.74, 6) is 0. The van der Waals surface area contributed by atoms with Crippen molar-refractivity contribution in [3.05, 3.63) is 63.9 Å². The highest BCUT2D eigenvalue weighted by atomic mass is 35.5. The molecule has 0 atom stereocenters. The number of benzene rings is 2. The van der Waals surface area contributed by atoms with Gasteiger partial charge in [-0.2, -0.15) is 4.68 Å². The normalized spacial score (nSPS) is 10.7. The number of nitrogens with one attached hydrogen (secondary N) is 1. The van der Waals surface area contributed by atoms with E-state index in [1.165, 1.54) is 4.68 Å². The van der Waals surface area contributed by atoms with E-state index in [0.717, 1.165) is 5.69 Å². The summed E-state index contributed by atoms with van der Waals surface area (Å²) in [6.45, 7) is 0.248. The van der Waals surface area contributed by atoms with Gasteiger partial charge in [0.05, 0.1) is 5.39 Å². The Morgan fingerprint density at radius 2 is 1.85 bits per heavy atom. The summed E-state index contributed by atoms with van der Waals surface area (Å²) in [5.41, 5.74) is 1.29. The van der Waals surface area contributed by atoms with Gasteiger partial charge < -0.3 is 5.32 Å². The minimum Gasteiger partial charge on any atom is -0.366 e. The average Bonchev–Trinajstić information content (AvgIpc) is 2.49. The standard InChI is InChI=1S/C14H11ClN4O/c15-10-5-7-11(8-6-10)16-9-19-14(20)12-3-1-2-4-13(12)17-18-19/h1-8,16H,9H2. The maximum Gasteiger partial charge on any atom is 0.279 e. The molecule has 0 fully saturated rings. The minimum atomic E-state index is -0.169. The van der Waals surface area contributed by atoms with Crippen molar-refractivity contribution in [2.24, 2.45) is 0 Å². The first-order valence-electron chi connectivity index (χ1n) is 6.06. The number of hydrogen-bond acceptors (Lipinski definition) is 4. The third-order valence-corrected chi connectivity index (χ3v) is 3.16. The quantitative estimate of drug-likeness (QED) is 0.804. The molecule has 0 aliphatic heterocycles. The van der Waals surface area contributed by atoms with Crippen LogP contribution in [0, 0.1) is 0 Å². The van der Waals surface area contributed by atoms with Gasteiger partial charge in [-0.25, -0.2) is 0 Å². The highest BCUT2D eigenvalue weighted by Crippen LogP contribution is 2.13. The van der Waals surface area contributed by atoms with Gasteiger partial charge in [0.25, 0.3) is 5.56 Å². The highest BCUT2D eigenvalue weighted by Gasteiger charge is 2.04. The Morgan fingerprint density at radius 1 is 1.10 bits per heavy atom. The molecule has 20 heavy (non-hydrogen) atoms. The molecule has 3 aromatic rings. The molecule has 0 bridgehead atoms. The fraction of sp³-hybridized carbons (Fsp3) is 0.0714. The van der Waals surface area contributed by atoms with Crippen molar-refractivity contribution in [3.8, 4) is 0 Å². The Kier molecular flexibility index (Phi) is 3.35. The molecule has 0 radical (unpaired) electrons. The van der Waals surface area contributed by atoms with E-state index in [0.29, 0.717) is 15.9 Å². The second-order valence-electron chi connectivity index (χ2n) is 4.25. The minimum absolute atomic E-state index is 0.169. The van der Waals surface area contributed by atoms with Gasteiger partial charge in [-0.15, -0.1) is 5.10 Å². The molecule has 1 aromatic heterocycles. The van der Waals surface area contributed by atoms with Crippen LogP contribution in [0.1, 0.15) is 0 Å². The highest BCUT2D eigenvalue weighted by molar-refractivity contribution is 6.30. The number of hydrogen-bond donors (Lipinski definition) is 1. The fourth-order valence-electron chi connectivity index (χ4n) is 1.86. The molecule has 2 aromatic carbocycles. The molecule has 5 nitrogen and oxygen atoms in total. The van der Waals surface area contributed by atoms with Gasteiger partial charge in [0.2, 0.25) is 0 Å². The molecule has 0 spiro atoms. The van der Waals surface area contributed by atoms with Crippen LogP contribution >= 0.6 is 11.6 Å². The molecule has 100 valence electrons. The maximum absolute atomic E-state index is 12.2. The fourth-order valence-corrected chi connectivity index (χ4v) is 1.99. The molecule has 1 heterocycles. The number of fused-ring (bicyclic) bond motifs is 1. The smallest absolute Gasteiger partial charge is 0.279 e. The van der Waals surface area contributed by atoms with Crippen molar-refractivity contribution in [1.29, 1.82) is 0 Å². The van der Waals surface area contributed by atoms with Crippen LogP contribution in [0.3, 0.4) is 0 Å². The van der Waals surface area contributed by atoms with Crippen LogP contribution in [0.25, 0.3) is 10.9 Å². The van der Waals surface area contributed by atoms with Crippen LogP contribution in [0.2, 0.25) is 5.02 Å². The lowest BCUT2D eigenvalue weighted by molar-refractivity contribution is 0.589. The Morgan fingerprint density at radius 3 is 2.65 bits per heavy atom. The van der Waals surface area contributed by atoms with E-state index in [1.54, 1.807) is 24.3 Å². The lowest BCUT2D eigenvalue weighted by Crippen LogP contribution is -2.27. The number of anilines is 1. The zero-order valence-corrected chi connectivity index (χ0v) is 11.2. The Labute approximate surface area is 119 Å². The molecule has 0 unspecified atom stereocenters. The molecule has 0 saturated carbocycles. The third-order valence-electron chi connectivity index (χ3n) is 2.91. The second-order valence-corrected chi connectivity index (χ2v) is 4.69. The van der Waals surface area contributed by atoms with E-state index < -0.39 is 0 Å². The number of nitrogens with zero attached hydrogens (tertiary/aromatic N) is 3. The van der Waals surface area contributed by atoms with Gasteiger partial charge >= 0.3 is 0 Å². The van der Waals surface area contributed by atoms with E-state index >= 15 is 0 Å². The van der Waals surface area contributed by atoms with Crippen molar-refractivity contribution in [2.45, 2.75) is 6.67 Å². The molecule has 3 rings (SSSR count). The van der Waals surface area contributed by atoms with Crippen LogP contribution in [0.5, 0.6) is 0 Å². The zero-order valence-electron chi connectivity index (χ0n) is 10.5. The van der Waals surface area contributed by atoms with Crippen LogP contribution in [0.15, 0.2) is 53.3 Å². The van der Waals surface area contributed by atoms with Crippen LogP contribution in [-0.4, -0.2) is 15.0 Å². The molecule has 6 heteroatoms. The predicted molar refractivity (Wildman–Crippen MR) is 78.9 cm³/mol. The SMILES string of the molecule is O=c1c2ccccc2nnn1CNc1ccc(Cl)cc1. The summed E-state index contributed by atoms with van der Waals surface area (Å²) >= 11 is 5.81. The monoisotopic (exact) mass is 286 g/mol. The van der Waals surface area contributed by atoms with Crippen molar-refractivity contribution in [1.82, 2.24) is 15.0 Å². The molecule has 0 aliphatic carbocycles. The van der Waals surface area contributed by atoms with E-state index in [4.69, 9.17) is 11.6 Å². The Balaban J connectivity index is 1.86. The Hall–Kier alpha value is -2.40. The lowest BCUT2D eigenvalue weighted by Gasteiger charge is -2.08. The third kappa shape index (κ3) is 2.48.